The SMILES string of the molecule is Cc1cccc(N(C)C2(CN)CCN(C)C(C)C2)c1. The number of anilines is 1. The van der Waals surface area contributed by atoms with Crippen LogP contribution in [-0.2, 0) is 0 Å². The molecule has 1 aromatic carbocycles. The van der Waals surface area contributed by atoms with Crippen LogP contribution in [0, 0.1) is 6.92 Å². The van der Waals surface area contributed by atoms with Crippen LogP contribution in [0.3, 0.4) is 0 Å². The second-order valence-corrected chi connectivity index (χ2v) is 6.11. The van der Waals surface area contributed by atoms with Gasteiger partial charge in [0.15, 0.2) is 0 Å². The maximum Gasteiger partial charge on any atom is 0.0547 e. The molecule has 0 bridgehead atoms. The highest BCUT2D eigenvalue weighted by Gasteiger charge is 2.39. The summed E-state index contributed by atoms with van der Waals surface area (Å²) in [5.41, 5.74) is 8.84. The predicted molar refractivity (Wildman–Crippen MR) is 82.7 cm³/mol. The van der Waals surface area contributed by atoms with Crippen LogP contribution in [0.5, 0.6) is 0 Å². The molecule has 0 radical (unpaired) electrons. The number of piperidine rings is 1. The summed E-state index contributed by atoms with van der Waals surface area (Å²) >= 11 is 0. The van der Waals surface area contributed by atoms with Crippen LogP contribution in [0.2, 0.25) is 0 Å². The highest BCUT2D eigenvalue weighted by atomic mass is 15.2. The van der Waals surface area contributed by atoms with Crippen LogP contribution in [0.4, 0.5) is 5.69 Å². The summed E-state index contributed by atoms with van der Waals surface area (Å²) in [5.74, 6) is 0. The smallest absolute Gasteiger partial charge is 0.0547 e. The third-order valence-electron chi connectivity index (χ3n) is 4.84. The standard InChI is InChI=1S/C16H27N3/c1-13-6-5-7-15(10-13)19(4)16(12-17)8-9-18(3)14(2)11-16/h5-7,10,14H,8-9,11-12,17H2,1-4H3. The van der Waals surface area contributed by atoms with Gasteiger partial charge >= 0.3 is 0 Å². The Balaban J connectivity index is 2.26. The Morgan fingerprint density at radius 2 is 2.21 bits per heavy atom. The largest absolute Gasteiger partial charge is 0.368 e. The van der Waals surface area contributed by atoms with Crippen molar-refractivity contribution >= 4 is 5.69 Å². The van der Waals surface area contributed by atoms with Crippen molar-refractivity contribution in [2.24, 2.45) is 5.73 Å². The van der Waals surface area contributed by atoms with Gasteiger partial charge in [-0.1, -0.05) is 12.1 Å². The summed E-state index contributed by atoms with van der Waals surface area (Å²) < 4.78 is 0. The predicted octanol–water partition coefficient (Wildman–Crippen LogP) is 2.24. The number of rotatable bonds is 3. The van der Waals surface area contributed by atoms with Crippen molar-refractivity contribution < 1.29 is 0 Å². The zero-order chi connectivity index (χ0) is 14.0. The first-order chi connectivity index (χ1) is 8.98. The molecule has 0 spiro atoms. The minimum absolute atomic E-state index is 0.0969. The number of likely N-dealkylation sites (tertiary alicyclic amines) is 1. The van der Waals surface area contributed by atoms with Gasteiger partial charge in [0.25, 0.3) is 0 Å². The van der Waals surface area contributed by atoms with Crippen molar-refractivity contribution in [2.75, 3.05) is 32.1 Å². The average molecular weight is 261 g/mol. The summed E-state index contributed by atoms with van der Waals surface area (Å²) in [6.45, 7) is 6.28. The highest BCUT2D eigenvalue weighted by Crippen LogP contribution is 2.33. The van der Waals surface area contributed by atoms with E-state index in [1.165, 1.54) is 11.3 Å². The Kier molecular flexibility index (Phi) is 4.16. The van der Waals surface area contributed by atoms with E-state index in [0.717, 1.165) is 25.9 Å². The minimum Gasteiger partial charge on any atom is -0.368 e. The van der Waals surface area contributed by atoms with Crippen molar-refractivity contribution in [1.29, 1.82) is 0 Å². The van der Waals surface area contributed by atoms with Gasteiger partial charge in [0.05, 0.1) is 5.54 Å². The number of aryl methyl sites for hydroxylation is 1. The van der Waals surface area contributed by atoms with Crippen LogP contribution in [0.15, 0.2) is 24.3 Å². The van der Waals surface area contributed by atoms with Gasteiger partial charge in [0.1, 0.15) is 0 Å². The van der Waals surface area contributed by atoms with E-state index in [4.69, 9.17) is 5.73 Å². The maximum atomic E-state index is 6.16. The lowest BCUT2D eigenvalue weighted by molar-refractivity contribution is 0.132. The third-order valence-corrected chi connectivity index (χ3v) is 4.84. The topological polar surface area (TPSA) is 32.5 Å². The lowest BCUT2D eigenvalue weighted by Crippen LogP contribution is -2.60. The van der Waals surface area contributed by atoms with Gasteiger partial charge in [-0.3, -0.25) is 0 Å². The van der Waals surface area contributed by atoms with Crippen molar-refractivity contribution in [1.82, 2.24) is 4.90 Å². The fraction of sp³-hybridized carbons (Fsp3) is 0.625. The molecule has 1 fully saturated rings. The second kappa shape index (κ2) is 5.51. The molecule has 106 valence electrons. The van der Waals surface area contributed by atoms with Gasteiger partial charge in [-0.05, 0) is 51.4 Å². The zero-order valence-corrected chi connectivity index (χ0v) is 12.7. The summed E-state index contributed by atoms with van der Waals surface area (Å²) in [7, 11) is 4.40. The molecule has 0 saturated carbocycles. The van der Waals surface area contributed by atoms with E-state index in [-0.39, 0.29) is 5.54 Å². The van der Waals surface area contributed by atoms with Gasteiger partial charge in [-0.2, -0.15) is 0 Å². The van der Waals surface area contributed by atoms with E-state index in [9.17, 15) is 0 Å². The van der Waals surface area contributed by atoms with Gasteiger partial charge in [0.2, 0.25) is 0 Å². The minimum atomic E-state index is 0.0969. The Hall–Kier alpha value is -1.06. The molecule has 0 aliphatic carbocycles. The molecule has 2 N–H and O–H groups in total. The number of benzene rings is 1. The lowest BCUT2D eigenvalue weighted by Gasteiger charge is -2.50. The molecule has 0 amide bonds. The number of hydrogen-bond donors (Lipinski definition) is 1. The second-order valence-electron chi connectivity index (χ2n) is 6.11. The summed E-state index contributed by atoms with van der Waals surface area (Å²) in [6.07, 6.45) is 2.26. The van der Waals surface area contributed by atoms with Crippen LogP contribution >= 0.6 is 0 Å². The summed E-state index contributed by atoms with van der Waals surface area (Å²) in [6, 6.07) is 9.30. The molecule has 1 aromatic rings. The van der Waals surface area contributed by atoms with E-state index in [2.05, 4.69) is 62.0 Å². The molecule has 1 heterocycles. The molecule has 0 aromatic heterocycles. The first-order valence-electron chi connectivity index (χ1n) is 7.19. The van der Waals surface area contributed by atoms with E-state index >= 15 is 0 Å². The maximum absolute atomic E-state index is 6.16. The first-order valence-corrected chi connectivity index (χ1v) is 7.19. The van der Waals surface area contributed by atoms with Crippen molar-refractivity contribution in [3.05, 3.63) is 29.8 Å². The number of likely N-dealkylation sites (N-methyl/N-ethyl adjacent to an activating group) is 1. The van der Waals surface area contributed by atoms with Crippen molar-refractivity contribution in [3.8, 4) is 0 Å². The Bertz CT molecular complexity index is 432. The van der Waals surface area contributed by atoms with Crippen LogP contribution < -0.4 is 10.6 Å². The fourth-order valence-electron chi connectivity index (χ4n) is 3.15. The molecule has 1 aliphatic rings. The van der Waals surface area contributed by atoms with Crippen LogP contribution in [0.1, 0.15) is 25.3 Å². The molecule has 1 saturated heterocycles. The van der Waals surface area contributed by atoms with Gasteiger partial charge in [0, 0.05) is 31.9 Å². The average Bonchev–Trinajstić information content (AvgIpc) is 2.41. The Morgan fingerprint density at radius 1 is 1.47 bits per heavy atom. The molecule has 3 nitrogen and oxygen atoms in total. The van der Waals surface area contributed by atoms with Crippen molar-refractivity contribution in [2.45, 2.75) is 38.3 Å². The summed E-state index contributed by atoms with van der Waals surface area (Å²) in [4.78, 5) is 4.83. The first kappa shape index (κ1) is 14.4. The summed E-state index contributed by atoms with van der Waals surface area (Å²) in [5, 5.41) is 0. The quantitative estimate of drug-likeness (QED) is 0.906. The molecule has 2 atom stereocenters. The Morgan fingerprint density at radius 3 is 2.79 bits per heavy atom. The van der Waals surface area contributed by atoms with Gasteiger partial charge < -0.3 is 15.5 Å². The van der Waals surface area contributed by atoms with Crippen LogP contribution in [-0.4, -0.2) is 43.7 Å². The molecule has 19 heavy (non-hydrogen) atoms. The van der Waals surface area contributed by atoms with Crippen molar-refractivity contribution in [3.63, 3.8) is 0 Å². The molecular formula is C16H27N3. The van der Waals surface area contributed by atoms with E-state index in [1.54, 1.807) is 0 Å². The molecular weight excluding hydrogens is 234 g/mol. The Labute approximate surface area is 117 Å². The number of nitrogens with zero attached hydrogens (tertiary/aromatic N) is 2. The highest BCUT2D eigenvalue weighted by molar-refractivity contribution is 5.50. The fourth-order valence-corrected chi connectivity index (χ4v) is 3.15. The monoisotopic (exact) mass is 261 g/mol. The third kappa shape index (κ3) is 2.77. The molecule has 1 aliphatic heterocycles. The lowest BCUT2D eigenvalue weighted by atomic mass is 9.82. The van der Waals surface area contributed by atoms with Gasteiger partial charge in [-0.15, -0.1) is 0 Å². The van der Waals surface area contributed by atoms with E-state index in [0.29, 0.717) is 6.04 Å². The normalized spacial score (nSPS) is 28.4. The number of hydrogen-bond acceptors (Lipinski definition) is 3. The van der Waals surface area contributed by atoms with Crippen LogP contribution in [0.25, 0.3) is 0 Å². The zero-order valence-electron chi connectivity index (χ0n) is 12.7. The molecule has 2 unspecified atom stereocenters. The molecule has 3 heteroatoms. The van der Waals surface area contributed by atoms with E-state index < -0.39 is 0 Å². The van der Waals surface area contributed by atoms with Gasteiger partial charge in [-0.25, -0.2) is 0 Å². The van der Waals surface area contributed by atoms with E-state index in [1.807, 2.05) is 0 Å². The molecule has 2 rings (SSSR count). The number of nitrogens with two attached hydrogens (primary N) is 1.